The second-order valence-electron chi connectivity index (χ2n) is 4.42. The molecule has 0 aliphatic carbocycles. The summed E-state index contributed by atoms with van der Waals surface area (Å²) in [6, 6.07) is 0. The zero-order valence-corrected chi connectivity index (χ0v) is 9.60. The van der Waals surface area contributed by atoms with E-state index in [9.17, 15) is 0 Å². The van der Waals surface area contributed by atoms with E-state index in [0.717, 1.165) is 44.2 Å². The molecule has 16 heavy (non-hydrogen) atoms. The van der Waals surface area contributed by atoms with Gasteiger partial charge in [-0.1, -0.05) is 0 Å². The Kier molecular flexibility index (Phi) is 4.30. The highest BCUT2D eigenvalue weighted by molar-refractivity contribution is 4.89. The summed E-state index contributed by atoms with van der Waals surface area (Å²) >= 11 is 0. The van der Waals surface area contributed by atoms with Crippen molar-refractivity contribution in [3.05, 3.63) is 12.2 Å². The smallest absolute Gasteiger partial charge is 0.133 e. The molecule has 0 aromatic carbocycles. The Morgan fingerprint density at radius 3 is 3.00 bits per heavy atom. The molecule has 1 saturated heterocycles. The maximum absolute atomic E-state index is 8.81. The van der Waals surface area contributed by atoms with Crippen LogP contribution in [0.1, 0.15) is 25.1 Å². The number of piperidine rings is 1. The fourth-order valence-corrected chi connectivity index (χ4v) is 2.21. The van der Waals surface area contributed by atoms with Crippen LogP contribution in [0.2, 0.25) is 0 Å². The third-order valence-corrected chi connectivity index (χ3v) is 3.18. The Labute approximate surface area is 95.9 Å². The number of hydrogen-bond donors (Lipinski definition) is 2. The molecular weight excluding hydrogens is 204 g/mol. The van der Waals surface area contributed by atoms with Crippen LogP contribution in [-0.2, 0) is 13.0 Å². The van der Waals surface area contributed by atoms with Gasteiger partial charge in [0.25, 0.3) is 0 Å². The van der Waals surface area contributed by atoms with E-state index < -0.39 is 0 Å². The summed E-state index contributed by atoms with van der Waals surface area (Å²) in [5, 5.41) is 20.3. The lowest BCUT2D eigenvalue weighted by Crippen LogP contribution is -2.29. The first kappa shape index (κ1) is 11.5. The monoisotopic (exact) mass is 224 g/mol. The third-order valence-electron chi connectivity index (χ3n) is 3.18. The molecule has 1 aliphatic heterocycles. The van der Waals surface area contributed by atoms with Gasteiger partial charge in [-0.15, -0.1) is 10.2 Å². The molecule has 0 amide bonds. The topological polar surface area (TPSA) is 63.0 Å². The predicted molar refractivity (Wildman–Crippen MR) is 61.0 cm³/mol. The molecule has 1 fully saturated rings. The van der Waals surface area contributed by atoms with E-state index >= 15 is 0 Å². The molecule has 2 rings (SSSR count). The van der Waals surface area contributed by atoms with Crippen molar-refractivity contribution in [2.24, 2.45) is 5.92 Å². The summed E-state index contributed by atoms with van der Waals surface area (Å²) in [5.41, 5.74) is 0. The minimum Gasteiger partial charge on any atom is -0.396 e. The van der Waals surface area contributed by atoms with Crippen molar-refractivity contribution in [2.75, 3.05) is 19.7 Å². The fourth-order valence-electron chi connectivity index (χ4n) is 2.21. The maximum Gasteiger partial charge on any atom is 0.133 e. The SMILES string of the molecule is OCCCn1cnnc1CC1CCNCC1. The summed E-state index contributed by atoms with van der Waals surface area (Å²) < 4.78 is 2.07. The van der Waals surface area contributed by atoms with E-state index in [2.05, 4.69) is 20.1 Å². The number of aliphatic hydroxyl groups excluding tert-OH is 1. The Hall–Kier alpha value is -0.940. The van der Waals surface area contributed by atoms with Crippen molar-refractivity contribution < 1.29 is 5.11 Å². The average Bonchev–Trinajstić information content (AvgIpc) is 2.75. The standard InChI is InChI=1S/C11H20N4O/c16-7-1-6-15-9-13-14-11(15)8-10-2-4-12-5-3-10/h9-10,12,16H,1-8H2. The van der Waals surface area contributed by atoms with E-state index in [0.29, 0.717) is 0 Å². The van der Waals surface area contributed by atoms with Crippen molar-refractivity contribution in [1.82, 2.24) is 20.1 Å². The number of hydrogen-bond acceptors (Lipinski definition) is 4. The van der Waals surface area contributed by atoms with Crippen LogP contribution in [0.25, 0.3) is 0 Å². The molecule has 2 heterocycles. The van der Waals surface area contributed by atoms with Crippen LogP contribution in [0.3, 0.4) is 0 Å². The van der Waals surface area contributed by atoms with Gasteiger partial charge in [0.2, 0.25) is 0 Å². The van der Waals surface area contributed by atoms with E-state index in [1.165, 1.54) is 12.8 Å². The Morgan fingerprint density at radius 1 is 1.44 bits per heavy atom. The normalized spacial score (nSPS) is 17.8. The van der Waals surface area contributed by atoms with Crippen LogP contribution in [0.5, 0.6) is 0 Å². The van der Waals surface area contributed by atoms with Crippen molar-refractivity contribution >= 4 is 0 Å². The average molecular weight is 224 g/mol. The molecule has 5 nitrogen and oxygen atoms in total. The lowest BCUT2D eigenvalue weighted by molar-refractivity contribution is 0.278. The van der Waals surface area contributed by atoms with Crippen LogP contribution in [0.4, 0.5) is 0 Å². The van der Waals surface area contributed by atoms with Crippen molar-refractivity contribution in [3.63, 3.8) is 0 Å². The number of nitrogens with zero attached hydrogens (tertiary/aromatic N) is 3. The second kappa shape index (κ2) is 5.96. The highest BCUT2D eigenvalue weighted by Crippen LogP contribution is 2.16. The van der Waals surface area contributed by atoms with E-state index in [4.69, 9.17) is 5.11 Å². The Balaban J connectivity index is 1.89. The molecule has 1 aromatic heterocycles. The molecule has 0 spiro atoms. The first-order valence-electron chi connectivity index (χ1n) is 6.08. The molecule has 1 aromatic rings. The Morgan fingerprint density at radius 2 is 2.25 bits per heavy atom. The van der Waals surface area contributed by atoms with Gasteiger partial charge >= 0.3 is 0 Å². The Bertz CT molecular complexity index is 307. The number of rotatable bonds is 5. The lowest BCUT2D eigenvalue weighted by atomic mass is 9.94. The van der Waals surface area contributed by atoms with E-state index in [1.807, 2.05) is 0 Å². The van der Waals surface area contributed by atoms with Gasteiger partial charge in [0.1, 0.15) is 12.2 Å². The van der Waals surface area contributed by atoms with Crippen LogP contribution < -0.4 is 5.32 Å². The first-order valence-corrected chi connectivity index (χ1v) is 6.08. The second-order valence-corrected chi connectivity index (χ2v) is 4.42. The third kappa shape index (κ3) is 3.02. The zero-order valence-electron chi connectivity index (χ0n) is 9.60. The van der Waals surface area contributed by atoms with Gasteiger partial charge in [-0.3, -0.25) is 0 Å². The van der Waals surface area contributed by atoms with Crippen LogP contribution in [0, 0.1) is 5.92 Å². The number of aryl methyl sites for hydroxylation is 1. The van der Waals surface area contributed by atoms with Gasteiger partial charge in [-0.05, 0) is 38.3 Å². The highest BCUT2D eigenvalue weighted by Gasteiger charge is 2.16. The molecule has 5 heteroatoms. The van der Waals surface area contributed by atoms with Crippen molar-refractivity contribution in [1.29, 1.82) is 0 Å². The lowest BCUT2D eigenvalue weighted by Gasteiger charge is -2.22. The fraction of sp³-hybridized carbons (Fsp3) is 0.818. The summed E-state index contributed by atoms with van der Waals surface area (Å²) in [6.07, 6.45) is 6.02. The van der Waals surface area contributed by atoms with Gasteiger partial charge in [-0.2, -0.15) is 0 Å². The zero-order chi connectivity index (χ0) is 11.2. The summed E-state index contributed by atoms with van der Waals surface area (Å²) in [4.78, 5) is 0. The van der Waals surface area contributed by atoms with Crippen LogP contribution in [0.15, 0.2) is 6.33 Å². The molecular formula is C11H20N4O. The minimum absolute atomic E-state index is 0.227. The van der Waals surface area contributed by atoms with Crippen LogP contribution >= 0.6 is 0 Å². The highest BCUT2D eigenvalue weighted by atomic mass is 16.3. The molecule has 90 valence electrons. The predicted octanol–water partition coefficient (Wildman–Crippen LogP) is 0.203. The molecule has 2 N–H and O–H groups in total. The molecule has 0 unspecified atom stereocenters. The quantitative estimate of drug-likeness (QED) is 0.750. The summed E-state index contributed by atoms with van der Waals surface area (Å²) in [6.45, 7) is 3.29. The van der Waals surface area contributed by atoms with Gasteiger partial charge in [-0.25, -0.2) is 0 Å². The van der Waals surface area contributed by atoms with Crippen molar-refractivity contribution in [2.45, 2.75) is 32.2 Å². The molecule has 0 atom stereocenters. The van der Waals surface area contributed by atoms with Gasteiger partial charge in [0, 0.05) is 19.6 Å². The molecule has 1 aliphatic rings. The number of nitrogens with one attached hydrogen (secondary N) is 1. The summed E-state index contributed by atoms with van der Waals surface area (Å²) in [5.74, 6) is 1.80. The molecule has 0 radical (unpaired) electrons. The molecule has 0 bridgehead atoms. The van der Waals surface area contributed by atoms with Gasteiger partial charge < -0.3 is 15.0 Å². The van der Waals surface area contributed by atoms with E-state index in [-0.39, 0.29) is 6.61 Å². The number of aliphatic hydroxyl groups is 1. The minimum atomic E-state index is 0.227. The van der Waals surface area contributed by atoms with Crippen molar-refractivity contribution in [3.8, 4) is 0 Å². The van der Waals surface area contributed by atoms with Crippen LogP contribution in [-0.4, -0.2) is 39.6 Å². The van der Waals surface area contributed by atoms with Gasteiger partial charge in [0.15, 0.2) is 0 Å². The van der Waals surface area contributed by atoms with Gasteiger partial charge in [0.05, 0.1) is 0 Å². The largest absolute Gasteiger partial charge is 0.396 e. The summed E-state index contributed by atoms with van der Waals surface area (Å²) in [7, 11) is 0. The molecule has 0 saturated carbocycles. The maximum atomic E-state index is 8.81. The number of aromatic nitrogens is 3. The van der Waals surface area contributed by atoms with E-state index in [1.54, 1.807) is 6.33 Å². The first-order chi connectivity index (χ1) is 7.90.